The van der Waals surface area contributed by atoms with Gasteiger partial charge in [0.2, 0.25) is 0 Å². The fourth-order valence-corrected chi connectivity index (χ4v) is 10.3. The van der Waals surface area contributed by atoms with Gasteiger partial charge in [-0.1, -0.05) is 188 Å². The molecule has 13 rings (SSSR count). The second kappa shape index (κ2) is 14.6. The molecule has 0 fully saturated rings. The number of hydrogen-bond donors (Lipinski definition) is 0. The summed E-state index contributed by atoms with van der Waals surface area (Å²) in [6, 6.07) is 86.1. The summed E-state index contributed by atoms with van der Waals surface area (Å²) in [5.74, 6) is 0. The molecule has 0 saturated carbocycles. The molecule has 2 heteroatoms. The van der Waals surface area contributed by atoms with Crippen LogP contribution in [0.15, 0.2) is 241 Å². The molecule has 2 nitrogen and oxygen atoms in total. The molecule has 13 aromatic rings. The molecule has 0 unspecified atom stereocenters. The molecular formula is C62H39NO. The maximum atomic E-state index is 6.60. The minimum Gasteiger partial charge on any atom is -0.455 e. The Hall–Kier alpha value is -8.46. The summed E-state index contributed by atoms with van der Waals surface area (Å²) in [7, 11) is 0. The quantitative estimate of drug-likeness (QED) is 0.156. The van der Waals surface area contributed by atoms with Gasteiger partial charge in [0.15, 0.2) is 0 Å². The van der Waals surface area contributed by atoms with E-state index in [0.717, 1.165) is 50.0 Å². The lowest BCUT2D eigenvalue weighted by Crippen LogP contribution is -2.10. The molecule has 0 atom stereocenters. The highest BCUT2D eigenvalue weighted by molar-refractivity contribution is 6.22. The third-order valence-electron chi connectivity index (χ3n) is 13.2. The predicted molar refractivity (Wildman–Crippen MR) is 272 cm³/mol. The largest absolute Gasteiger partial charge is 0.455 e. The molecule has 298 valence electrons. The van der Waals surface area contributed by atoms with E-state index in [1.807, 2.05) is 0 Å². The minimum atomic E-state index is 0.878. The molecule has 64 heavy (non-hydrogen) atoms. The van der Waals surface area contributed by atoms with Gasteiger partial charge in [-0.15, -0.1) is 0 Å². The molecule has 0 saturated heterocycles. The van der Waals surface area contributed by atoms with Crippen LogP contribution in [-0.4, -0.2) is 0 Å². The fraction of sp³-hybridized carbons (Fsp3) is 0. The van der Waals surface area contributed by atoms with Crippen LogP contribution in [0.3, 0.4) is 0 Å². The smallest absolute Gasteiger partial charge is 0.143 e. The lowest BCUT2D eigenvalue weighted by molar-refractivity contribution is 0.672. The minimum absolute atomic E-state index is 0.878. The molecule has 0 aliphatic rings. The van der Waals surface area contributed by atoms with Crippen LogP contribution < -0.4 is 4.90 Å². The van der Waals surface area contributed by atoms with Gasteiger partial charge in [-0.2, -0.15) is 0 Å². The predicted octanol–water partition coefficient (Wildman–Crippen LogP) is 17.8. The van der Waals surface area contributed by atoms with Gasteiger partial charge in [-0.3, -0.25) is 0 Å². The topological polar surface area (TPSA) is 16.4 Å². The van der Waals surface area contributed by atoms with Crippen LogP contribution in [-0.2, 0) is 0 Å². The van der Waals surface area contributed by atoms with Gasteiger partial charge in [0.1, 0.15) is 11.2 Å². The first-order chi connectivity index (χ1) is 31.7. The number of anilines is 3. The Labute approximate surface area is 370 Å². The van der Waals surface area contributed by atoms with Crippen molar-refractivity contribution >= 4 is 92.9 Å². The number of furan rings is 1. The third-order valence-corrected chi connectivity index (χ3v) is 13.2. The van der Waals surface area contributed by atoms with Crippen LogP contribution in [0.2, 0.25) is 0 Å². The highest BCUT2D eigenvalue weighted by Crippen LogP contribution is 2.47. The summed E-state index contributed by atoms with van der Waals surface area (Å²) in [6.45, 7) is 0. The Bertz CT molecular complexity index is 3940. The molecule has 0 bridgehead atoms. The van der Waals surface area contributed by atoms with E-state index in [9.17, 15) is 0 Å². The van der Waals surface area contributed by atoms with Crippen molar-refractivity contribution in [2.24, 2.45) is 0 Å². The second-order valence-electron chi connectivity index (χ2n) is 16.8. The molecule has 1 heterocycles. The van der Waals surface area contributed by atoms with Gasteiger partial charge in [0.25, 0.3) is 0 Å². The van der Waals surface area contributed by atoms with E-state index in [2.05, 4.69) is 241 Å². The standard InChI is InChI=1S/C62H39NO/c1-3-16-43(17-4-1)60-54-23-12-11-22-51(54)52-34-30-45(38-57(52)61(60)44-18-5-2-6-19-44)40-26-31-46(32-27-40)63(58-25-13-24-50-48-20-9-7-14-41(48)28-35-53(50)58)47-33-37-59-56(39-47)55-36-29-42-15-8-10-21-49(42)62(55)64-59/h1-39H. The average molecular weight is 814 g/mol. The molecule has 0 radical (unpaired) electrons. The van der Waals surface area contributed by atoms with Gasteiger partial charge in [-0.05, 0) is 125 Å². The highest BCUT2D eigenvalue weighted by Gasteiger charge is 2.21. The molecule has 0 aliphatic carbocycles. The Morgan fingerprint density at radius 2 is 0.797 bits per heavy atom. The van der Waals surface area contributed by atoms with Gasteiger partial charge in [-0.25, -0.2) is 0 Å². The van der Waals surface area contributed by atoms with Crippen LogP contribution >= 0.6 is 0 Å². The molecule has 0 spiro atoms. The van der Waals surface area contributed by atoms with E-state index in [1.54, 1.807) is 0 Å². The first-order valence-corrected chi connectivity index (χ1v) is 22.0. The first-order valence-electron chi connectivity index (χ1n) is 22.0. The number of nitrogens with zero attached hydrogens (tertiary/aromatic N) is 1. The zero-order chi connectivity index (χ0) is 42.1. The zero-order valence-corrected chi connectivity index (χ0v) is 34.9. The molecule has 0 N–H and O–H groups in total. The normalized spacial score (nSPS) is 11.8. The van der Waals surface area contributed by atoms with Crippen LogP contribution in [0, 0.1) is 0 Å². The second-order valence-corrected chi connectivity index (χ2v) is 16.8. The number of rotatable bonds is 6. The fourth-order valence-electron chi connectivity index (χ4n) is 10.3. The van der Waals surface area contributed by atoms with Crippen LogP contribution in [0.5, 0.6) is 0 Å². The van der Waals surface area contributed by atoms with Crippen molar-refractivity contribution < 1.29 is 4.42 Å². The van der Waals surface area contributed by atoms with E-state index in [4.69, 9.17) is 4.42 Å². The molecule has 1 aromatic heterocycles. The monoisotopic (exact) mass is 813 g/mol. The van der Waals surface area contributed by atoms with Gasteiger partial charge >= 0.3 is 0 Å². The summed E-state index contributed by atoms with van der Waals surface area (Å²) in [6.07, 6.45) is 0. The number of benzene rings is 12. The maximum absolute atomic E-state index is 6.60. The Morgan fingerprint density at radius 1 is 0.266 bits per heavy atom. The lowest BCUT2D eigenvalue weighted by atomic mass is 9.84. The summed E-state index contributed by atoms with van der Waals surface area (Å²) < 4.78 is 6.60. The van der Waals surface area contributed by atoms with Crippen molar-refractivity contribution in [3.8, 4) is 33.4 Å². The molecule has 12 aromatic carbocycles. The van der Waals surface area contributed by atoms with Crippen molar-refractivity contribution in [1.82, 2.24) is 0 Å². The Kier molecular flexibility index (Phi) is 8.25. The average Bonchev–Trinajstić information content (AvgIpc) is 3.75. The Balaban J connectivity index is 1.00. The van der Waals surface area contributed by atoms with Crippen molar-refractivity contribution in [3.63, 3.8) is 0 Å². The molecule has 0 aliphatic heterocycles. The zero-order valence-electron chi connectivity index (χ0n) is 34.9. The summed E-state index contributed by atoms with van der Waals surface area (Å²) in [5.41, 5.74) is 12.3. The summed E-state index contributed by atoms with van der Waals surface area (Å²) in [5, 5.41) is 14.4. The van der Waals surface area contributed by atoms with E-state index in [1.165, 1.54) is 76.3 Å². The van der Waals surface area contributed by atoms with Crippen LogP contribution in [0.25, 0.3) is 109 Å². The van der Waals surface area contributed by atoms with Gasteiger partial charge in [0.05, 0.1) is 5.69 Å². The molecule has 0 amide bonds. The van der Waals surface area contributed by atoms with Crippen molar-refractivity contribution in [3.05, 3.63) is 237 Å². The van der Waals surface area contributed by atoms with E-state index < -0.39 is 0 Å². The molecular weight excluding hydrogens is 775 g/mol. The highest BCUT2D eigenvalue weighted by atomic mass is 16.3. The van der Waals surface area contributed by atoms with Crippen molar-refractivity contribution in [2.75, 3.05) is 4.90 Å². The van der Waals surface area contributed by atoms with Crippen LogP contribution in [0.1, 0.15) is 0 Å². The van der Waals surface area contributed by atoms with Gasteiger partial charge < -0.3 is 9.32 Å². The number of hydrogen-bond acceptors (Lipinski definition) is 2. The lowest BCUT2D eigenvalue weighted by Gasteiger charge is -2.27. The van der Waals surface area contributed by atoms with E-state index >= 15 is 0 Å². The van der Waals surface area contributed by atoms with Crippen molar-refractivity contribution in [2.45, 2.75) is 0 Å². The van der Waals surface area contributed by atoms with Gasteiger partial charge in [0, 0.05) is 32.9 Å². The van der Waals surface area contributed by atoms with Crippen LogP contribution in [0.4, 0.5) is 17.1 Å². The summed E-state index contributed by atoms with van der Waals surface area (Å²) in [4.78, 5) is 2.41. The van der Waals surface area contributed by atoms with E-state index in [-0.39, 0.29) is 0 Å². The first kappa shape index (κ1) is 36.2. The summed E-state index contributed by atoms with van der Waals surface area (Å²) >= 11 is 0. The van der Waals surface area contributed by atoms with E-state index in [0.29, 0.717) is 0 Å². The third kappa shape index (κ3) is 5.73. The number of fused-ring (bicyclic) bond motifs is 11. The SMILES string of the molecule is c1ccc(-c2c(-c3ccccc3)c3cc(-c4ccc(N(c5ccc6oc7c8ccccc8ccc7c6c5)c5cccc6c5ccc5ccccc56)cc4)ccc3c3ccccc23)cc1. The van der Waals surface area contributed by atoms with Crippen molar-refractivity contribution in [1.29, 1.82) is 0 Å². The maximum Gasteiger partial charge on any atom is 0.143 e. The Morgan fingerprint density at radius 3 is 1.55 bits per heavy atom.